The van der Waals surface area contributed by atoms with Crippen LogP contribution in [0.3, 0.4) is 0 Å². The molecule has 0 heterocycles. The first-order chi connectivity index (χ1) is 7.72. The number of rotatable bonds is 6. The van der Waals surface area contributed by atoms with E-state index in [1.165, 1.54) is 0 Å². The topological polar surface area (TPSA) is 35.5 Å². The van der Waals surface area contributed by atoms with Crippen molar-refractivity contribution >= 4 is 17.6 Å². The molecule has 4 heteroatoms. The molecule has 0 aromatic heterocycles. The Hall–Kier alpha value is -1.06. The summed E-state index contributed by atoms with van der Waals surface area (Å²) in [5.41, 5.74) is 1.13. The van der Waals surface area contributed by atoms with Crippen LogP contribution in [0.25, 0.3) is 0 Å². The smallest absolute Gasteiger partial charge is 0.332 e. The summed E-state index contributed by atoms with van der Waals surface area (Å²) in [6.07, 6.45) is 0.760. The second-order valence-corrected chi connectivity index (χ2v) is 3.67. The third-order valence-corrected chi connectivity index (χ3v) is 2.23. The maximum Gasteiger partial charge on any atom is 0.332 e. The minimum Gasteiger partial charge on any atom is -0.464 e. The molecule has 0 spiro atoms. The highest BCUT2D eigenvalue weighted by Gasteiger charge is 2.01. The summed E-state index contributed by atoms with van der Waals surface area (Å²) in [6, 6.07) is 7.55. The Morgan fingerprint density at radius 2 is 2.00 bits per heavy atom. The van der Waals surface area contributed by atoms with Crippen molar-refractivity contribution in [1.29, 1.82) is 0 Å². The molecule has 0 saturated heterocycles. The number of carbonyl (C=O) groups excluding carboxylic acids is 1. The number of halogens is 1. The molecule has 0 aliphatic carbocycles. The van der Waals surface area contributed by atoms with Gasteiger partial charge in [-0.1, -0.05) is 23.7 Å². The summed E-state index contributed by atoms with van der Waals surface area (Å²) in [4.78, 5) is 10.9. The van der Waals surface area contributed by atoms with E-state index in [9.17, 15) is 4.79 Å². The number of carbonyl (C=O) groups is 1. The van der Waals surface area contributed by atoms with E-state index in [1.54, 1.807) is 6.92 Å². The van der Waals surface area contributed by atoms with Crippen LogP contribution in [0.5, 0.6) is 0 Å². The van der Waals surface area contributed by atoms with Gasteiger partial charge < -0.3 is 9.47 Å². The van der Waals surface area contributed by atoms with Crippen LogP contribution in [-0.2, 0) is 20.7 Å². The Kier molecular flexibility index (Phi) is 5.90. The zero-order chi connectivity index (χ0) is 11.8. The van der Waals surface area contributed by atoms with Crippen molar-refractivity contribution in [2.24, 2.45) is 0 Å². The van der Waals surface area contributed by atoms with Crippen LogP contribution in [0.15, 0.2) is 24.3 Å². The Labute approximate surface area is 100 Å². The van der Waals surface area contributed by atoms with E-state index in [1.807, 2.05) is 24.3 Å². The van der Waals surface area contributed by atoms with E-state index in [0.717, 1.165) is 17.0 Å². The van der Waals surface area contributed by atoms with Gasteiger partial charge in [-0.25, -0.2) is 4.79 Å². The van der Waals surface area contributed by atoms with E-state index in [0.29, 0.717) is 13.2 Å². The van der Waals surface area contributed by atoms with E-state index >= 15 is 0 Å². The molecule has 3 nitrogen and oxygen atoms in total. The third kappa shape index (κ3) is 5.14. The summed E-state index contributed by atoms with van der Waals surface area (Å²) < 4.78 is 9.90. The first-order valence-corrected chi connectivity index (χ1v) is 5.58. The molecule has 0 amide bonds. The number of hydrogen-bond donors (Lipinski definition) is 0. The van der Waals surface area contributed by atoms with Crippen LogP contribution < -0.4 is 0 Å². The molecule has 0 unspecified atom stereocenters. The van der Waals surface area contributed by atoms with Crippen molar-refractivity contribution in [2.45, 2.75) is 13.3 Å². The fourth-order valence-electron chi connectivity index (χ4n) is 1.20. The van der Waals surface area contributed by atoms with Gasteiger partial charge in [-0.15, -0.1) is 0 Å². The SMILES string of the molecule is CCOC(=O)COCCc1ccc(Cl)cc1. The first kappa shape index (κ1) is 13.0. The van der Waals surface area contributed by atoms with Crippen molar-refractivity contribution < 1.29 is 14.3 Å². The van der Waals surface area contributed by atoms with Crippen LogP contribution in [0.1, 0.15) is 12.5 Å². The van der Waals surface area contributed by atoms with Crippen LogP contribution in [-0.4, -0.2) is 25.8 Å². The lowest BCUT2D eigenvalue weighted by atomic mass is 10.2. The molecule has 0 N–H and O–H groups in total. The van der Waals surface area contributed by atoms with Gasteiger partial charge in [0.05, 0.1) is 13.2 Å². The predicted molar refractivity (Wildman–Crippen MR) is 62.6 cm³/mol. The van der Waals surface area contributed by atoms with E-state index < -0.39 is 0 Å². The third-order valence-electron chi connectivity index (χ3n) is 1.97. The van der Waals surface area contributed by atoms with Crippen LogP contribution in [0.2, 0.25) is 5.02 Å². The monoisotopic (exact) mass is 242 g/mol. The first-order valence-electron chi connectivity index (χ1n) is 5.20. The molecule has 0 aliphatic heterocycles. The largest absolute Gasteiger partial charge is 0.464 e. The molecule has 1 rings (SSSR count). The number of ether oxygens (including phenoxy) is 2. The molecule has 0 fully saturated rings. The normalized spacial score (nSPS) is 10.1. The standard InChI is InChI=1S/C12H15ClO3/c1-2-16-12(14)9-15-8-7-10-3-5-11(13)6-4-10/h3-6H,2,7-9H2,1H3. The lowest BCUT2D eigenvalue weighted by Gasteiger charge is -2.04. The van der Waals surface area contributed by atoms with Crippen molar-refractivity contribution in [3.8, 4) is 0 Å². The molecule has 1 aromatic carbocycles. The molecule has 0 bridgehead atoms. The lowest BCUT2D eigenvalue weighted by molar-refractivity contribution is -0.148. The van der Waals surface area contributed by atoms with Gasteiger partial charge in [-0.3, -0.25) is 0 Å². The molecular weight excluding hydrogens is 228 g/mol. The van der Waals surface area contributed by atoms with Gasteiger partial charge in [0.2, 0.25) is 0 Å². The van der Waals surface area contributed by atoms with Gasteiger partial charge in [-0.2, -0.15) is 0 Å². The van der Waals surface area contributed by atoms with E-state index in [2.05, 4.69) is 0 Å². The van der Waals surface area contributed by atoms with E-state index in [4.69, 9.17) is 21.1 Å². The fourth-order valence-corrected chi connectivity index (χ4v) is 1.33. The zero-order valence-electron chi connectivity index (χ0n) is 9.24. The van der Waals surface area contributed by atoms with Crippen LogP contribution >= 0.6 is 11.6 Å². The highest BCUT2D eigenvalue weighted by atomic mass is 35.5. The number of hydrogen-bond acceptors (Lipinski definition) is 3. The molecule has 88 valence electrons. The highest BCUT2D eigenvalue weighted by Crippen LogP contribution is 2.09. The molecule has 0 radical (unpaired) electrons. The fraction of sp³-hybridized carbons (Fsp3) is 0.417. The average Bonchev–Trinajstić information content (AvgIpc) is 2.27. The van der Waals surface area contributed by atoms with Crippen LogP contribution in [0, 0.1) is 0 Å². The summed E-state index contributed by atoms with van der Waals surface area (Å²) in [5, 5.41) is 0.719. The highest BCUT2D eigenvalue weighted by molar-refractivity contribution is 6.30. The maximum absolute atomic E-state index is 10.9. The van der Waals surface area contributed by atoms with Gasteiger partial charge in [-0.05, 0) is 31.0 Å². The maximum atomic E-state index is 10.9. The zero-order valence-corrected chi connectivity index (χ0v) is 10.00. The summed E-state index contributed by atoms with van der Waals surface area (Å²) in [7, 11) is 0. The Morgan fingerprint density at radius 3 is 2.62 bits per heavy atom. The van der Waals surface area contributed by atoms with E-state index in [-0.39, 0.29) is 12.6 Å². The molecule has 1 aromatic rings. The minimum atomic E-state index is -0.321. The van der Waals surface area contributed by atoms with Crippen molar-refractivity contribution in [2.75, 3.05) is 19.8 Å². The summed E-state index contributed by atoms with van der Waals surface area (Å²) in [6.45, 7) is 2.67. The lowest BCUT2D eigenvalue weighted by Crippen LogP contribution is -2.13. The van der Waals surface area contributed by atoms with Crippen molar-refractivity contribution in [3.05, 3.63) is 34.9 Å². The Morgan fingerprint density at radius 1 is 1.31 bits per heavy atom. The van der Waals surface area contributed by atoms with Gasteiger partial charge in [0.15, 0.2) is 0 Å². The average molecular weight is 243 g/mol. The molecule has 0 atom stereocenters. The Balaban J connectivity index is 2.16. The minimum absolute atomic E-state index is 0.0153. The number of esters is 1. The van der Waals surface area contributed by atoms with Gasteiger partial charge in [0.1, 0.15) is 6.61 Å². The predicted octanol–water partition coefficient (Wildman–Crippen LogP) is 2.46. The van der Waals surface area contributed by atoms with Gasteiger partial charge in [0, 0.05) is 5.02 Å². The summed E-state index contributed by atoms with van der Waals surface area (Å²) >= 11 is 5.76. The summed E-state index contributed by atoms with van der Waals surface area (Å²) in [5.74, 6) is -0.321. The Bertz CT molecular complexity index is 322. The van der Waals surface area contributed by atoms with Crippen molar-refractivity contribution in [1.82, 2.24) is 0 Å². The number of benzene rings is 1. The molecule has 16 heavy (non-hydrogen) atoms. The molecule has 0 aliphatic rings. The van der Waals surface area contributed by atoms with Gasteiger partial charge in [0.25, 0.3) is 0 Å². The van der Waals surface area contributed by atoms with Crippen molar-refractivity contribution in [3.63, 3.8) is 0 Å². The van der Waals surface area contributed by atoms with Gasteiger partial charge >= 0.3 is 5.97 Å². The second kappa shape index (κ2) is 7.25. The van der Waals surface area contributed by atoms with Crippen LogP contribution in [0.4, 0.5) is 0 Å². The second-order valence-electron chi connectivity index (χ2n) is 3.23. The molecular formula is C12H15ClO3. The quantitative estimate of drug-likeness (QED) is 0.568. The molecule has 0 saturated carbocycles.